The van der Waals surface area contributed by atoms with Gasteiger partial charge < -0.3 is 5.11 Å². The molecule has 162 valence electrons. The predicted octanol–water partition coefficient (Wildman–Crippen LogP) is 4.01. The van der Waals surface area contributed by atoms with Gasteiger partial charge in [0.15, 0.2) is 5.54 Å². The zero-order chi connectivity index (χ0) is 21.8. The number of carbonyl (C=O) groups excluding carboxylic acids is 2. The van der Waals surface area contributed by atoms with Gasteiger partial charge in [-0.05, 0) is 42.2 Å². The number of hydrogen-bond donors (Lipinski definition) is 2. The molecule has 1 saturated heterocycles. The van der Waals surface area contributed by atoms with Gasteiger partial charge in [0.25, 0.3) is 11.8 Å². The van der Waals surface area contributed by atoms with Crippen LogP contribution in [0.1, 0.15) is 43.2 Å². The summed E-state index contributed by atoms with van der Waals surface area (Å²) in [4.78, 5) is 29.3. The number of imide groups is 1. The second kappa shape index (κ2) is 9.47. The van der Waals surface area contributed by atoms with Crippen LogP contribution in [0.25, 0.3) is 6.08 Å². The minimum absolute atomic E-state index is 0.0822. The third-order valence-electron chi connectivity index (χ3n) is 6.22. The van der Waals surface area contributed by atoms with Crippen molar-refractivity contribution in [3.05, 3.63) is 75.8 Å². The summed E-state index contributed by atoms with van der Waals surface area (Å²) < 4.78 is 0.892. The van der Waals surface area contributed by atoms with Crippen LogP contribution in [0.2, 0.25) is 0 Å². The van der Waals surface area contributed by atoms with E-state index in [1.54, 1.807) is 0 Å². The molecule has 6 heteroatoms. The molecule has 1 unspecified atom stereocenters. The van der Waals surface area contributed by atoms with Gasteiger partial charge in [-0.3, -0.25) is 19.8 Å². The molecule has 0 radical (unpaired) electrons. The number of amides is 2. The van der Waals surface area contributed by atoms with Gasteiger partial charge >= 0.3 is 0 Å². The predicted molar refractivity (Wildman–Crippen MR) is 124 cm³/mol. The lowest BCUT2D eigenvalue weighted by Crippen LogP contribution is -2.52. The summed E-state index contributed by atoms with van der Waals surface area (Å²) in [5, 5.41) is 12.8. The minimum Gasteiger partial charge on any atom is -0.395 e. The van der Waals surface area contributed by atoms with E-state index in [-0.39, 0.29) is 31.0 Å². The Hall–Kier alpha value is -2.28. The Morgan fingerprint density at radius 2 is 1.71 bits per heavy atom. The van der Waals surface area contributed by atoms with E-state index in [1.807, 2.05) is 60.7 Å². The highest BCUT2D eigenvalue weighted by atomic mass is 79.9. The summed E-state index contributed by atoms with van der Waals surface area (Å²) in [7, 11) is 0. The van der Waals surface area contributed by atoms with Gasteiger partial charge in [-0.15, -0.1) is 0 Å². The van der Waals surface area contributed by atoms with Crippen molar-refractivity contribution in [2.75, 3.05) is 13.2 Å². The number of carbonyl (C=O) groups is 2. The maximum atomic E-state index is 14.0. The van der Waals surface area contributed by atoms with Crippen LogP contribution in [0, 0.1) is 0 Å². The van der Waals surface area contributed by atoms with Crippen LogP contribution in [-0.4, -0.2) is 41.0 Å². The van der Waals surface area contributed by atoms with E-state index in [1.165, 1.54) is 4.90 Å². The molecule has 2 aromatic rings. The second-order valence-electron chi connectivity index (χ2n) is 8.15. The molecule has 2 aliphatic rings. The van der Waals surface area contributed by atoms with Gasteiger partial charge in [-0.1, -0.05) is 77.7 Å². The molecule has 0 spiro atoms. The zero-order valence-corrected chi connectivity index (χ0v) is 19.0. The molecule has 2 fully saturated rings. The number of benzene rings is 2. The lowest BCUT2D eigenvalue weighted by Gasteiger charge is -2.33. The molecule has 1 heterocycles. The summed E-state index contributed by atoms with van der Waals surface area (Å²) in [5.74, 6) is -0.489. The van der Waals surface area contributed by atoms with E-state index >= 15 is 0 Å². The molecule has 1 saturated carbocycles. The van der Waals surface area contributed by atoms with E-state index in [2.05, 4.69) is 21.2 Å². The topological polar surface area (TPSA) is 69.6 Å². The van der Waals surface area contributed by atoms with Crippen LogP contribution in [0.4, 0.5) is 0 Å². The Kier molecular flexibility index (Phi) is 6.70. The molecule has 1 aliphatic carbocycles. The van der Waals surface area contributed by atoms with Gasteiger partial charge in [0, 0.05) is 17.1 Å². The minimum atomic E-state index is -1.33. The van der Waals surface area contributed by atoms with Crippen molar-refractivity contribution >= 4 is 33.8 Å². The SMILES string of the molecule is O=C1/C(=C\c2ccccc2)C(NCCO)(c2ccc(Br)cc2)C(=O)N1C1CCCCC1. The highest BCUT2D eigenvalue weighted by molar-refractivity contribution is 9.10. The molecule has 2 N–H and O–H groups in total. The number of halogens is 1. The molecular formula is C25H27BrN2O3. The molecule has 2 aromatic carbocycles. The average molecular weight is 483 g/mol. The zero-order valence-electron chi connectivity index (χ0n) is 17.4. The van der Waals surface area contributed by atoms with E-state index in [0.717, 1.165) is 42.1 Å². The summed E-state index contributed by atoms with van der Waals surface area (Å²) in [6.45, 7) is 0.0571. The third-order valence-corrected chi connectivity index (χ3v) is 6.75. The van der Waals surface area contributed by atoms with Crippen molar-refractivity contribution in [2.24, 2.45) is 0 Å². The Morgan fingerprint density at radius 3 is 2.35 bits per heavy atom. The lowest BCUT2D eigenvalue weighted by molar-refractivity contribution is -0.143. The van der Waals surface area contributed by atoms with Gasteiger partial charge in [-0.25, -0.2) is 0 Å². The second-order valence-corrected chi connectivity index (χ2v) is 9.06. The number of aliphatic hydroxyl groups is 1. The first-order valence-corrected chi connectivity index (χ1v) is 11.6. The Morgan fingerprint density at radius 1 is 1.03 bits per heavy atom. The summed E-state index contributed by atoms with van der Waals surface area (Å²) in [6.07, 6.45) is 6.68. The monoisotopic (exact) mass is 482 g/mol. The molecule has 0 aromatic heterocycles. The molecule has 0 bridgehead atoms. The quantitative estimate of drug-likeness (QED) is 0.481. The number of rotatable bonds is 6. The van der Waals surface area contributed by atoms with Crippen LogP contribution >= 0.6 is 15.9 Å². The summed E-state index contributed by atoms with van der Waals surface area (Å²) in [6, 6.07) is 17.0. The summed E-state index contributed by atoms with van der Waals surface area (Å²) >= 11 is 3.46. The molecule has 1 atom stereocenters. The lowest BCUT2D eigenvalue weighted by atomic mass is 9.82. The smallest absolute Gasteiger partial charge is 0.259 e. The van der Waals surface area contributed by atoms with Gasteiger partial charge in [-0.2, -0.15) is 0 Å². The van der Waals surface area contributed by atoms with E-state index in [9.17, 15) is 14.7 Å². The van der Waals surface area contributed by atoms with E-state index in [0.29, 0.717) is 11.1 Å². The molecule has 31 heavy (non-hydrogen) atoms. The fourth-order valence-corrected chi connectivity index (χ4v) is 4.99. The maximum Gasteiger partial charge on any atom is 0.259 e. The average Bonchev–Trinajstić information content (AvgIpc) is 3.01. The normalized spacial score (nSPS) is 23.7. The number of nitrogens with zero attached hydrogens (tertiary/aromatic N) is 1. The highest BCUT2D eigenvalue weighted by Gasteiger charge is 2.58. The number of nitrogens with one attached hydrogen (secondary N) is 1. The van der Waals surface area contributed by atoms with E-state index in [4.69, 9.17) is 0 Å². The maximum absolute atomic E-state index is 14.0. The fraction of sp³-hybridized carbons (Fsp3) is 0.360. The van der Waals surface area contributed by atoms with Gasteiger partial charge in [0.1, 0.15) is 0 Å². The van der Waals surface area contributed by atoms with Crippen LogP contribution in [0.3, 0.4) is 0 Å². The first-order valence-electron chi connectivity index (χ1n) is 10.8. The number of aliphatic hydroxyl groups excluding tert-OH is 1. The van der Waals surface area contributed by atoms with Crippen molar-refractivity contribution in [1.82, 2.24) is 10.2 Å². The van der Waals surface area contributed by atoms with Crippen molar-refractivity contribution < 1.29 is 14.7 Å². The van der Waals surface area contributed by atoms with Crippen LogP contribution in [0.5, 0.6) is 0 Å². The molecule has 2 amide bonds. The first-order chi connectivity index (χ1) is 15.1. The fourth-order valence-electron chi connectivity index (χ4n) is 4.73. The van der Waals surface area contributed by atoms with Crippen LogP contribution < -0.4 is 5.32 Å². The third kappa shape index (κ3) is 4.12. The van der Waals surface area contributed by atoms with Crippen LogP contribution in [0.15, 0.2) is 64.6 Å². The Labute approximate surface area is 191 Å². The van der Waals surface area contributed by atoms with Crippen molar-refractivity contribution in [2.45, 2.75) is 43.7 Å². The van der Waals surface area contributed by atoms with Gasteiger partial charge in [0.05, 0.1) is 12.2 Å². The molecular weight excluding hydrogens is 456 g/mol. The highest BCUT2D eigenvalue weighted by Crippen LogP contribution is 2.43. The van der Waals surface area contributed by atoms with Gasteiger partial charge in [0.2, 0.25) is 0 Å². The Balaban J connectivity index is 1.90. The Bertz CT molecular complexity index is 968. The summed E-state index contributed by atoms with van der Waals surface area (Å²) in [5.41, 5.74) is 0.637. The molecule has 1 aliphatic heterocycles. The van der Waals surface area contributed by atoms with Crippen molar-refractivity contribution in [3.63, 3.8) is 0 Å². The van der Waals surface area contributed by atoms with E-state index < -0.39 is 5.54 Å². The largest absolute Gasteiger partial charge is 0.395 e. The van der Waals surface area contributed by atoms with Crippen molar-refractivity contribution in [3.8, 4) is 0 Å². The molecule has 4 rings (SSSR count). The van der Waals surface area contributed by atoms with Crippen molar-refractivity contribution in [1.29, 1.82) is 0 Å². The number of likely N-dealkylation sites (tertiary alicyclic amines) is 1. The van der Waals surface area contributed by atoms with Crippen LogP contribution in [-0.2, 0) is 15.1 Å². The molecule has 5 nitrogen and oxygen atoms in total. The number of hydrogen-bond acceptors (Lipinski definition) is 4. The first kappa shape index (κ1) is 21.9. The standard InChI is InChI=1S/C25H27BrN2O3/c26-20-13-11-19(12-14-20)25(27-15-16-29)22(17-18-7-3-1-4-8-18)23(30)28(24(25)31)21-9-5-2-6-10-21/h1,3-4,7-8,11-14,17,21,27,29H,2,5-6,9-10,15-16H2/b22-17+.